The van der Waals surface area contributed by atoms with Crippen LogP contribution in [0.15, 0.2) is 0 Å². The van der Waals surface area contributed by atoms with Crippen LogP contribution >= 0.6 is 0 Å². The molecule has 1 atom stereocenters. The van der Waals surface area contributed by atoms with Gasteiger partial charge >= 0.3 is 6.18 Å². The average Bonchev–Trinajstić information content (AvgIpc) is 2.63. The van der Waals surface area contributed by atoms with Crippen LogP contribution in [-0.2, 0) is 0 Å². The summed E-state index contributed by atoms with van der Waals surface area (Å²) in [6, 6.07) is 0.192. The Morgan fingerprint density at radius 1 is 1.25 bits per heavy atom. The van der Waals surface area contributed by atoms with E-state index in [2.05, 4.69) is 5.32 Å². The summed E-state index contributed by atoms with van der Waals surface area (Å²) in [7, 11) is 0. The SMILES string of the molecule is O[C@@]1(C(F)(F)F)CCN(C2CCNCC2)C1. The Kier molecular flexibility index (Phi) is 3.16. The van der Waals surface area contributed by atoms with Crippen LogP contribution in [0.2, 0.25) is 0 Å². The zero-order chi connectivity index (χ0) is 11.8. The van der Waals surface area contributed by atoms with E-state index < -0.39 is 11.8 Å². The molecule has 0 bridgehead atoms. The van der Waals surface area contributed by atoms with Crippen LogP contribution in [-0.4, -0.2) is 54.0 Å². The van der Waals surface area contributed by atoms with Gasteiger partial charge in [-0.2, -0.15) is 13.2 Å². The van der Waals surface area contributed by atoms with Crippen LogP contribution in [0.1, 0.15) is 19.3 Å². The molecule has 3 nitrogen and oxygen atoms in total. The summed E-state index contributed by atoms with van der Waals surface area (Å²) >= 11 is 0. The van der Waals surface area contributed by atoms with E-state index in [4.69, 9.17) is 0 Å². The Hall–Kier alpha value is -0.330. The molecule has 0 aliphatic carbocycles. The third-order valence-corrected chi connectivity index (χ3v) is 3.63. The first-order chi connectivity index (χ1) is 7.42. The Labute approximate surface area is 92.6 Å². The first kappa shape index (κ1) is 12.1. The van der Waals surface area contributed by atoms with Gasteiger partial charge < -0.3 is 10.4 Å². The number of rotatable bonds is 1. The van der Waals surface area contributed by atoms with Crippen LogP contribution in [0, 0.1) is 0 Å². The molecule has 2 heterocycles. The maximum absolute atomic E-state index is 12.6. The monoisotopic (exact) mass is 238 g/mol. The minimum atomic E-state index is -4.51. The predicted molar refractivity (Wildman–Crippen MR) is 53.1 cm³/mol. The molecule has 2 rings (SSSR count). The number of nitrogens with zero attached hydrogens (tertiary/aromatic N) is 1. The van der Waals surface area contributed by atoms with Gasteiger partial charge in [0.05, 0.1) is 0 Å². The smallest absolute Gasteiger partial charge is 0.379 e. The van der Waals surface area contributed by atoms with E-state index in [0.717, 1.165) is 25.9 Å². The van der Waals surface area contributed by atoms with Crippen LogP contribution in [0.25, 0.3) is 0 Å². The summed E-state index contributed by atoms with van der Waals surface area (Å²) in [5, 5.41) is 12.7. The highest BCUT2D eigenvalue weighted by Gasteiger charge is 2.57. The lowest BCUT2D eigenvalue weighted by Crippen LogP contribution is -2.49. The number of aliphatic hydroxyl groups is 1. The van der Waals surface area contributed by atoms with Crippen molar-refractivity contribution in [2.24, 2.45) is 0 Å². The Balaban J connectivity index is 1.96. The van der Waals surface area contributed by atoms with E-state index in [1.165, 1.54) is 0 Å². The zero-order valence-electron chi connectivity index (χ0n) is 9.06. The number of nitrogens with one attached hydrogen (secondary N) is 1. The number of halogens is 3. The van der Waals surface area contributed by atoms with Gasteiger partial charge in [-0.3, -0.25) is 4.90 Å². The molecule has 0 aromatic carbocycles. The molecule has 2 saturated heterocycles. The van der Waals surface area contributed by atoms with E-state index >= 15 is 0 Å². The second kappa shape index (κ2) is 4.16. The van der Waals surface area contributed by atoms with Crippen molar-refractivity contribution in [3.8, 4) is 0 Å². The molecule has 0 spiro atoms. The van der Waals surface area contributed by atoms with Gasteiger partial charge in [0.2, 0.25) is 0 Å². The van der Waals surface area contributed by atoms with Crippen molar-refractivity contribution in [3.63, 3.8) is 0 Å². The fourth-order valence-electron chi connectivity index (χ4n) is 2.54. The van der Waals surface area contributed by atoms with Crippen LogP contribution < -0.4 is 5.32 Å². The van der Waals surface area contributed by atoms with Gasteiger partial charge in [0.15, 0.2) is 5.60 Å². The molecule has 0 amide bonds. The van der Waals surface area contributed by atoms with Gasteiger partial charge in [-0.1, -0.05) is 0 Å². The lowest BCUT2D eigenvalue weighted by atomic mass is 10.0. The standard InChI is InChI=1S/C10H17F3N2O/c11-10(12,13)9(16)3-6-15(7-9)8-1-4-14-5-2-8/h8,14,16H,1-7H2/t9-/m0/s1. The number of hydrogen-bond acceptors (Lipinski definition) is 3. The topological polar surface area (TPSA) is 35.5 Å². The summed E-state index contributed by atoms with van der Waals surface area (Å²) in [6.45, 7) is 1.79. The molecule has 0 aromatic heterocycles. The highest BCUT2D eigenvalue weighted by Crippen LogP contribution is 2.38. The Morgan fingerprint density at radius 2 is 1.88 bits per heavy atom. The molecular weight excluding hydrogens is 221 g/mol. The van der Waals surface area contributed by atoms with Crippen molar-refractivity contribution in [3.05, 3.63) is 0 Å². The second-order valence-electron chi connectivity index (χ2n) is 4.73. The molecule has 94 valence electrons. The third kappa shape index (κ3) is 2.19. The zero-order valence-corrected chi connectivity index (χ0v) is 9.06. The van der Waals surface area contributed by atoms with Gasteiger partial charge in [-0.15, -0.1) is 0 Å². The summed E-state index contributed by atoms with van der Waals surface area (Å²) in [5.41, 5.74) is -2.49. The van der Waals surface area contributed by atoms with Gasteiger partial charge in [0.25, 0.3) is 0 Å². The number of hydrogen-bond donors (Lipinski definition) is 2. The third-order valence-electron chi connectivity index (χ3n) is 3.63. The van der Waals surface area contributed by atoms with Crippen LogP contribution in [0.4, 0.5) is 13.2 Å². The van der Waals surface area contributed by atoms with E-state index in [1.54, 1.807) is 4.90 Å². The summed E-state index contributed by atoms with van der Waals surface area (Å²) < 4.78 is 37.8. The molecular formula is C10H17F3N2O. The van der Waals surface area contributed by atoms with Gasteiger partial charge in [-0.25, -0.2) is 0 Å². The molecule has 2 fully saturated rings. The normalized spacial score (nSPS) is 34.5. The minimum absolute atomic E-state index is 0.192. The van der Waals surface area contributed by atoms with Crippen molar-refractivity contribution in [1.29, 1.82) is 0 Å². The molecule has 0 saturated carbocycles. The van der Waals surface area contributed by atoms with Crippen LogP contribution in [0.5, 0.6) is 0 Å². The average molecular weight is 238 g/mol. The summed E-state index contributed by atoms with van der Waals surface area (Å²) in [4.78, 5) is 1.79. The molecule has 0 unspecified atom stereocenters. The van der Waals surface area contributed by atoms with Crippen LogP contribution in [0.3, 0.4) is 0 Å². The fourth-order valence-corrected chi connectivity index (χ4v) is 2.54. The number of alkyl halides is 3. The maximum Gasteiger partial charge on any atom is 0.418 e. The Bertz CT molecular complexity index is 253. The van der Waals surface area contributed by atoms with Gasteiger partial charge in [0.1, 0.15) is 0 Å². The molecule has 16 heavy (non-hydrogen) atoms. The fraction of sp³-hybridized carbons (Fsp3) is 1.00. The summed E-state index contributed by atoms with van der Waals surface area (Å²) in [5.74, 6) is 0. The largest absolute Gasteiger partial charge is 0.418 e. The second-order valence-corrected chi connectivity index (χ2v) is 4.73. The molecule has 6 heteroatoms. The van der Waals surface area contributed by atoms with Crippen molar-refractivity contribution in [2.45, 2.75) is 37.1 Å². The van der Waals surface area contributed by atoms with Gasteiger partial charge in [-0.05, 0) is 32.4 Å². The lowest BCUT2D eigenvalue weighted by molar-refractivity contribution is -0.254. The molecule has 2 aliphatic rings. The molecule has 2 N–H and O–H groups in total. The van der Waals surface area contributed by atoms with E-state index in [0.29, 0.717) is 6.54 Å². The van der Waals surface area contributed by atoms with E-state index in [-0.39, 0.29) is 19.0 Å². The number of β-amino-alcohol motifs (C(OH)–C–C–N with tert-alkyl or cyclic N) is 1. The maximum atomic E-state index is 12.6. The van der Waals surface area contributed by atoms with Gasteiger partial charge in [0, 0.05) is 19.1 Å². The summed E-state index contributed by atoms with van der Waals surface area (Å²) in [6.07, 6.45) is -2.96. The number of piperidine rings is 1. The first-order valence-electron chi connectivity index (χ1n) is 5.66. The minimum Gasteiger partial charge on any atom is -0.379 e. The first-order valence-corrected chi connectivity index (χ1v) is 5.66. The van der Waals surface area contributed by atoms with Crippen molar-refractivity contribution < 1.29 is 18.3 Å². The highest BCUT2D eigenvalue weighted by atomic mass is 19.4. The number of likely N-dealkylation sites (tertiary alicyclic amines) is 1. The van der Waals surface area contributed by atoms with E-state index in [1.807, 2.05) is 0 Å². The quantitative estimate of drug-likeness (QED) is 0.707. The lowest BCUT2D eigenvalue weighted by Gasteiger charge is -2.33. The van der Waals surface area contributed by atoms with E-state index in [9.17, 15) is 18.3 Å². The predicted octanol–water partition coefficient (Wildman–Crippen LogP) is 0.738. The van der Waals surface area contributed by atoms with Crippen molar-refractivity contribution in [1.82, 2.24) is 10.2 Å². The molecule has 0 aromatic rings. The van der Waals surface area contributed by atoms with Crippen molar-refractivity contribution in [2.75, 3.05) is 26.2 Å². The van der Waals surface area contributed by atoms with Crippen molar-refractivity contribution >= 4 is 0 Å². The molecule has 0 radical (unpaired) electrons. The highest BCUT2D eigenvalue weighted by molar-refractivity contribution is 4.98. The molecule has 2 aliphatic heterocycles. The Morgan fingerprint density at radius 3 is 2.38 bits per heavy atom.